The highest BCUT2D eigenvalue weighted by atomic mass is 127. The van der Waals surface area contributed by atoms with Crippen LogP contribution in [-0.4, -0.2) is 66.2 Å². The molecule has 47 heavy (non-hydrogen) atoms. The normalized spacial score (nSPS) is 18.5. The van der Waals surface area contributed by atoms with E-state index in [1.54, 1.807) is 9.80 Å². The van der Waals surface area contributed by atoms with Crippen molar-refractivity contribution in [3.8, 4) is 33.6 Å². The fraction of sp³-hybridized carbons (Fsp3) is 0.444. The Balaban J connectivity index is 1.13. The maximum atomic E-state index is 12.8. The lowest BCUT2D eigenvalue weighted by atomic mass is 10.0. The maximum Gasteiger partial charge on any atom is 0.410 e. The van der Waals surface area contributed by atoms with E-state index in [2.05, 4.69) is 86.1 Å². The largest absolute Gasteiger partial charge is 0.444 e. The van der Waals surface area contributed by atoms with Crippen molar-refractivity contribution in [2.75, 3.05) is 13.1 Å². The molecule has 6 rings (SSSR count). The molecular formula is C36H43IN6O4. The quantitative estimate of drug-likeness (QED) is 0.197. The van der Waals surface area contributed by atoms with Crippen LogP contribution in [0.15, 0.2) is 54.7 Å². The predicted molar refractivity (Wildman–Crippen MR) is 190 cm³/mol. The average molecular weight is 751 g/mol. The third kappa shape index (κ3) is 7.50. The lowest BCUT2D eigenvalue weighted by Crippen LogP contribution is -2.36. The van der Waals surface area contributed by atoms with Crippen molar-refractivity contribution >= 4 is 34.8 Å². The molecule has 0 saturated carbocycles. The first-order valence-corrected chi connectivity index (χ1v) is 17.3. The van der Waals surface area contributed by atoms with Gasteiger partial charge < -0.3 is 19.4 Å². The number of nitrogens with one attached hydrogen (secondary N) is 2. The van der Waals surface area contributed by atoms with Crippen molar-refractivity contribution in [1.82, 2.24) is 29.7 Å². The molecule has 2 atom stereocenters. The van der Waals surface area contributed by atoms with Gasteiger partial charge >= 0.3 is 12.2 Å². The molecule has 4 aromatic rings. The predicted octanol–water partition coefficient (Wildman–Crippen LogP) is 8.88. The number of hydrogen-bond acceptors (Lipinski definition) is 6. The monoisotopic (exact) mass is 750 g/mol. The summed E-state index contributed by atoms with van der Waals surface area (Å²) in [5.74, 6) is 1.57. The van der Waals surface area contributed by atoms with Crippen molar-refractivity contribution in [1.29, 1.82) is 0 Å². The van der Waals surface area contributed by atoms with Gasteiger partial charge in [-0.25, -0.2) is 19.6 Å². The van der Waals surface area contributed by atoms with Crippen LogP contribution >= 0.6 is 22.6 Å². The van der Waals surface area contributed by atoms with Gasteiger partial charge in [0.05, 0.1) is 24.0 Å². The second kappa shape index (κ2) is 13.0. The number of amides is 2. The van der Waals surface area contributed by atoms with Crippen LogP contribution in [0.5, 0.6) is 0 Å². The third-order valence-corrected chi connectivity index (χ3v) is 9.13. The minimum absolute atomic E-state index is 0.118. The molecule has 2 aromatic heterocycles. The van der Waals surface area contributed by atoms with Gasteiger partial charge in [0.15, 0.2) is 0 Å². The molecule has 4 heterocycles. The second-order valence-corrected chi connectivity index (χ2v) is 15.4. The highest BCUT2D eigenvalue weighted by Crippen LogP contribution is 2.36. The molecular weight excluding hydrogens is 707 g/mol. The Bertz CT molecular complexity index is 1730. The number of hydrogen-bond donors (Lipinski definition) is 2. The number of benzene rings is 2. The SMILES string of the molecule is CC(C)(C)OC(=O)N1CCC[C@H]1c1ncc(-c2ccc(-c3ccc(-c4nc([C@@H]5CCCN5C(=O)OC(C)(C)C)[nH]c4I)cc3)cc2)[nH]1. The number of H-pyrrole nitrogens is 2. The van der Waals surface area contributed by atoms with Gasteiger partial charge in [-0.1, -0.05) is 48.5 Å². The molecule has 2 fully saturated rings. The van der Waals surface area contributed by atoms with E-state index < -0.39 is 11.2 Å². The van der Waals surface area contributed by atoms with Crippen LogP contribution in [0.2, 0.25) is 0 Å². The summed E-state index contributed by atoms with van der Waals surface area (Å²) in [7, 11) is 0. The van der Waals surface area contributed by atoms with Gasteiger partial charge in [0.2, 0.25) is 0 Å². The number of halogens is 1. The smallest absolute Gasteiger partial charge is 0.410 e. The van der Waals surface area contributed by atoms with Crippen molar-refractivity contribution in [2.24, 2.45) is 0 Å². The van der Waals surface area contributed by atoms with Crippen LogP contribution in [0.25, 0.3) is 33.6 Å². The Morgan fingerprint density at radius 3 is 1.70 bits per heavy atom. The first-order valence-electron chi connectivity index (χ1n) is 16.3. The topological polar surface area (TPSA) is 116 Å². The van der Waals surface area contributed by atoms with Crippen LogP contribution in [0.1, 0.15) is 91.0 Å². The number of aromatic nitrogens is 4. The van der Waals surface area contributed by atoms with Crippen LogP contribution in [0.3, 0.4) is 0 Å². The molecule has 248 valence electrons. The van der Waals surface area contributed by atoms with Crippen LogP contribution in [-0.2, 0) is 9.47 Å². The minimum Gasteiger partial charge on any atom is -0.444 e. The van der Waals surface area contributed by atoms with Gasteiger partial charge in [0, 0.05) is 18.7 Å². The summed E-state index contributed by atoms with van der Waals surface area (Å²) in [6.07, 6.45) is 4.78. The van der Waals surface area contributed by atoms with Crippen LogP contribution in [0.4, 0.5) is 9.59 Å². The maximum absolute atomic E-state index is 12.8. The van der Waals surface area contributed by atoms with Crippen molar-refractivity contribution < 1.29 is 19.1 Å². The zero-order valence-electron chi connectivity index (χ0n) is 27.9. The zero-order chi connectivity index (χ0) is 33.5. The van der Waals surface area contributed by atoms with Crippen molar-refractivity contribution in [3.63, 3.8) is 0 Å². The van der Waals surface area contributed by atoms with Crippen LogP contribution in [0, 0.1) is 3.70 Å². The Labute approximate surface area is 289 Å². The third-order valence-electron chi connectivity index (χ3n) is 8.35. The molecule has 2 N–H and O–H groups in total. The first-order chi connectivity index (χ1) is 22.3. The Kier molecular flexibility index (Phi) is 9.12. The number of aromatic amines is 2. The van der Waals surface area contributed by atoms with Crippen molar-refractivity contribution in [3.05, 3.63) is 70.1 Å². The molecule has 2 aliphatic heterocycles. The van der Waals surface area contributed by atoms with Crippen LogP contribution < -0.4 is 0 Å². The summed E-state index contributed by atoms with van der Waals surface area (Å²) in [5, 5.41) is 0. The summed E-state index contributed by atoms with van der Waals surface area (Å²) in [4.78, 5) is 45.7. The molecule has 0 unspecified atom stereocenters. The zero-order valence-corrected chi connectivity index (χ0v) is 30.1. The minimum atomic E-state index is -0.542. The number of rotatable bonds is 5. The van der Waals surface area contributed by atoms with E-state index in [1.165, 1.54) is 0 Å². The molecule has 11 heteroatoms. The number of carbonyl (C=O) groups excluding carboxylic acids is 2. The van der Waals surface area contributed by atoms with Gasteiger partial charge in [0.1, 0.15) is 32.2 Å². The van der Waals surface area contributed by atoms with Gasteiger partial charge in [0.25, 0.3) is 0 Å². The highest BCUT2D eigenvalue weighted by Gasteiger charge is 2.36. The fourth-order valence-electron chi connectivity index (χ4n) is 6.21. The van der Waals surface area contributed by atoms with E-state index >= 15 is 0 Å². The molecule has 10 nitrogen and oxygen atoms in total. The van der Waals surface area contributed by atoms with E-state index in [0.717, 1.165) is 74.7 Å². The Hall–Kier alpha value is -3.87. The van der Waals surface area contributed by atoms with Crippen molar-refractivity contribution in [2.45, 2.75) is 90.5 Å². The summed E-state index contributed by atoms with van der Waals surface area (Å²) in [6.45, 7) is 12.6. The van der Waals surface area contributed by atoms with E-state index in [4.69, 9.17) is 14.5 Å². The van der Waals surface area contributed by atoms with E-state index in [9.17, 15) is 9.59 Å². The second-order valence-electron chi connectivity index (χ2n) is 14.3. The molecule has 0 spiro atoms. The summed E-state index contributed by atoms with van der Waals surface area (Å²) in [5.41, 5.74) is 4.94. The number of ether oxygens (including phenoxy) is 2. The number of nitrogens with zero attached hydrogens (tertiary/aromatic N) is 4. The molecule has 0 aliphatic carbocycles. The lowest BCUT2D eigenvalue weighted by Gasteiger charge is -2.27. The fourth-order valence-corrected chi connectivity index (χ4v) is 6.92. The Morgan fingerprint density at radius 1 is 0.723 bits per heavy atom. The standard InChI is InChI=1S/C36H43IN6O4/c1-35(2,3)46-33(44)42-19-7-9-27(42)31-38-21-26(39-31)24-15-11-22(12-16-24)23-13-17-25(18-14-23)29-30(37)41-32(40-29)28-10-8-20-43(28)34(45)47-36(4,5)6/h11-18,21,27-28H,7-10,19-20H2,1-6H3,(H,38,39)(H,40,41)/t27-,28-/m0/s1. The van der Waals surface area contributed by atoms with E-state index in [0.29, 0.717) is 13.1 Å². The average Bonchev–Trinajstić information content (AvgIpc) is 3.81. The number of carbonyl (C=O) groups is 2. The van der Waals surface area contributed by atoms with E-state index in [1.807, 2.05) is 47.7 Å². The lowest BCUT2D eigenvalue weighted by molar-refractivity contribution is 0.0208. The van der Waals surface area contributed by atoms with Gasteiger partial charge in [-0.05, 0) is 107 Å². The molecule has 2 amide bonds. The molecule has 2 aliphatic rings. The number of imidazole rings is 2. The molecule has 0 bridgehead atoms. The molecule has 2 saturated heterocycles. The van der Waals surface area contributed by atoms with Gasteiger partial charge in [-0.2, -0.15) is 0 Å². The molecule has 0 radical (unpaired) electrons. The highest BCUT2D eigenvalue weighted by molar-refractivity contribution is 14.1. The summed E-state index contributed by atoms with van der Waals surface area (Å²) < 4.78 is 12.2. The summed E-state index contributed by atoms with van der Waals surface area (Å²) in [6, 6.07) is 16.5. The van der Waals surface area contributed by atoms with Gasteiger partial charge in [-0.15, -0.1) is 0 Å². The first kappa shape index (κ1) is 33.0. The van der Waals surface area contributed by atoms with Gasteiger partial charge in [-0.3, -0.25) is 9.80 Å². The Morgan fingerprint density at radius 2 is 1.19 bits per heavy atom. The number of likely N-dealkylation sites (tertiary alicyclic amines) is 2. The van der Waals surface area contributed by atoms with E-state index in [-0.39, 0.29) is 24.3 Å². The molecule has 2 aromatic carbocycles. The summed E-state index contributed by atoms with van der Waals surface area (Å²) >= 11 is 2.28.